The Bertz CT molecular complexity index is 837. The molecule has 10 heteroatoms. The third-order valence-electron chi connectivity index (χ3n) is 6.47. The molecule has 5 unspecified atom stereocenters. The summed E-state index contributed by atoms with van der Waals surface area (Å²) in [7, 11) is 0. The van der Waals surface area contributed by atoms with Crippen LogP contribution in [0, 0.1) is 11.8 Å². The Morgan fingerprint density at radius 2 is 1.58 bits per heavy atom. The molecule has 31 heavy (non-hydrogen) atoms. The van der Waals surface area contributed by atoms with Gasteiger partial charge in [-0.2, -0.15) is 0 Å². The van der Waals surface area contributed by atoms with Crippen molar-refractivity contribution < 1.29 is 50.0 Å². The highest BCUT2D eigenvalue weighted by molar-refractivity contribution is 6.22. The van der Waals surface area contributed by atoms with Crippen molar-refractivity contribution in [3.63, 3.8) is 0 Å². The number of aliphatic hydroxyl groups is 6. The normalized spacial score (nSPS) is 43.0. The van der Waals surface area contributed by atoms with Crippen LogP contribution < -0.4 is 0 Å². The zero-order valence-electron chi connectivity index (χ0n) is 16.4. The third kappa shape index (κ3) is 3.74. The predicted molar refractivity (Wildman–Crippen MR) is 103 cm³/mol. The van der Waals surface area contributed by atoms with Gasteiger partial charge < -0.3 is 45.2 Å². The molecule has 170 valence electrons. The second kappa shape index (κ2) is 8.47. The number of ketones is 1. The van der Waals surface area contributed by atoms with Crippen LogP contribution in [0.15, 0.2) is 30.5 Å². The summed E-state index contributed by atoms with van der Waals surface area (Å²) >= 11 is 0. The summed E-state index contributed by atoms with van der Waals surface area (Å²) in [6.07, 6.45) is -9.79. The molecule has 3 aliphatic rings. The molecule has 10 atom stereocenters. The molecule has 1 saturated carbocycles. The molecular weight excluding hydrogens is 412 g/mol. The molecule has 1 saturated heterocycles. The molecule has 0 spiro atoms. The maximum absolute atomic E-state index is 13.2. The number of aromatic hydroxyl groups is 1. The van der Waals surface area contributed by atoms with Gasteiger partial charge in [-0.05, 0) is 17.7 Å². The first-order chi connectivity index (χ1) is 14.7. The largest absolute Gasteiger partial charge is 0.508 e. The number of ether oxygens (including phenoxy) is 2. The average molecular weight is 438 g/mol. The molecule has 4 rings (SSSR count). The van der Waals surface area contributed by atoms with Gasteiger partial charge in [0.1, 0.15) is 36.3 Å². The zero-order valence-corrected chi connectivity index (χ0v) is 16.4. The van der Waals surface area contributed by atoms with Crippen LogP contribution in [0.2, 0.25) is 0 Å². The lowest BCUT2D eigenvalue weighted by atomic mass is 9.67. The molecular formula is C21H26O10. The topological polar surface area (TPSA) is 177 Å². The van der Waals surface area contributed by atoms with Gasteiger partial charge in [0.25, 0.3) is 0 Å². The zero-order chi connectivity index (χ0) is 22.4. The quantitative estimate of drug-likeness (QED) is 0.277. The minimum atomic E-state index is -1.64. The van der Waals surface area contributed by atoms with Gasteiger partial charge in [-0.25, -0.2) is 0 Å². The van der Waals surface area contributed by atoms with Crippen molar-refractivity contribution in [2.45, 2.75) is 55.3 Å². The number of Topliss-reactive ketones (excluding diaryl/α,β-unsaturated/α-hetero) is 1. The number of phenolic OH excluding ortho intramolecular Hbond substituents is 1. The van der Waals surface area contributed by atoms with E-state index in [0.29, 0.717) is 5.56 Å². The van der Waals surface area contributed by atoms with E-state index >= 15 is 0 Å². The molecule has 2 aliphatic heterocycles. The number of allylic oxidation sites excluding steroid dienone is 1. The smallest absolute Gasteiger partial charge is 0.175 e. The van der Waals surface area contributed by atoms with E-state index in [4.69, 9.17) is 9.47 Å². The van der Waals surface area contributed by atoms with Crippen LogP contribution >= 0.6 is 0 Å². The Morgan fingerprint density at radius 3 is 2.23 bits per heavy atom. The van der Waals surface area contributed by atoms with Gasteiger partial charge in [-0.15, -0.1) is 0 Å². The summed E-state index contributed by atoms with van der Waals surface area (Å²) in [5, 5.41) is 70.8. The van der Waals surface area contributed by atoms with Crippen LogP contribution in [0.25, 0.3) is 5.57 Å². The van der Waals surface area contributed by atoms with Gasteiger partial charge in [-0.1, -0.05) is 12.1 Å². The SMILES string of the molecule is O=C1C(c2ccc(O)cc2)=COC2C1C(O)CC(O)C2[C@@H]1O[C@H](CO)[C@@H](O)[C@H](O)[C@H]1O. The summed E-state index contributed by atoms with van der Waals surface area (Å²) in [5.41, 5.74) is 0.660. The molecule has 0 aromatic heterocycles. The van der Waals surface area contributed by atoms with Crippen LogP contribution in [-0.2, 0) is 14.3 Å². The highest BCUT2D eigenvalue weighted by Gasteiger charge is 2.57. The van der Waals surface area contributed by atoms with E-state index in [9.17, 15) is 40.5 Å². The Hall–Kier alpha value is -2.05. The summed E-state index contributed by atoms with van der Waals surface area (Å²) in [5.74, 6) is -2.51. The predicted octanol–water partition coefficient (Wildman–Crippen LogP) is -2.10. The Labute approximate surface area is 177 Å². The van der Waals surface area contributed by atoms with E-state index in [1.54, 1.807) is 0 Å². The molecule has 2 heterocycles. The van der Waals surface area contributed by atoms with E-state index in [1.165, 1.54) is 30.5 Å². The lowest BCUT2D eigenvalue weighted by Gasteiger charge is -2.50. The third-order valence-corrected chi connectivity index (χ3v) is 6.47. The lowest BCUT2D eigenvalue weighted by Crippen LogP contribution is -2.66. The summed E-state index contributed by atoms with van der Waals surface area (Å²) in [6, 6.07) is 5.88. The first-order valence-corrected chi connectivity index (χ1v) is 10.1. The lowest BCUT2D eigenvalue weighted by molar-refractivity contribution is -0.266. The second-order valence-corrected chi connectivity index (χ2v) is 8.31. The summed E-state index contributed by atoms with van der Waals surface area (Å²) < 4.78 is 11.4. The number of fused-ring (bicyclic) bond motifs is 1. The minimum absolute atomic E-state index is 0.0231. The highest BCUT2D eigenvalue weighted by atomic mass is 16.5. The Kier molecular flexibility index (Phi) is 6.05. The molecule has 1 aromatic rings. The number of phenols is 1. The second-order valence-electron chi connectivity index (χ2n) is 8.31. The van der Waals surface area contributed by atoms with Crippen molar-refractivity contribution in [2.24, 2.45) is 11.8 Å². The molecule has 1 aromatic carbocycles. The standard InChI is InChI=1S/C21H26O10/c22-6-13-17(27)18(28)19(29)21(31-13)15-12(25)5-11(24)14-16(26)10(7-30-20(14)15)8-1-3-9(23)4-2-8/h1-4,7,11-15,17-25,27-29H,5-6H2/t11?,12?,13-,14?,15?,17-,18+,19-,20?,21+/m1/s1. The number of carbonyl (C=O) groups is 1. The van der Waals surface area contributed by atoms with Crippen LogP contribution in [0.5, 0.6) is 5.75 Å². The van der Waals surface area contributed by atoms with Gasteiger partial charge >= 0.3 is 0 Å². The molecule has 0 radical (unpaired) electrons. The maximum atomic E-state index is 13.2. The first kappa shape index (κ1) is 22.2. The first-order valence-electron chi connectivity index (χ1n) is 10.1. The maximum Gasteiger partial charge on any atom is 0.175 e. The number of aliphatic hydroxyl groups excluding tert-OH is 6. The number of rotatable bonds is 3. The van der Waals surface area contributed by atoms with Crippen molar-refractivity contribution in [2.75, 3.05) is 6.61 Å². The van der Waals surface area contributed by atoms with Crippen LogP contribution in [-0.4, -0.2) is 97.0 Å². The van der Waals surface area contributed by atoms with Crippen molar-refractivity contribution in [1.82, 2.24) is 0 Å². The Morgan fingerprint density at radius 1 is 0.903 bits per heavy atom. The molecule has 1 aliphatic carbocycles. The number of hydrogen-bond donors (Lipinski definition) is 7. The number of carbonyl (C=O) groups excluding carboxylic acids is 1. The van der Waals surface area contributed by atoms with Crippen molar-refractivity contribution >= 4 is 11.4 Å². The fourth-order valence-corrected chi connectivity index (χ4v) is 4.82. The highest BCUT2D eigenvalue weighted by Crippen LogP contribution is 2.43. The Balaban J connectivity index is 1.67. The van der Waals surface area contributed by atoms with E-state index in [0.717, 1.165) is 0 Å². The van der Waals surface area contributed by atoms with Gasteiger partial charge in [0, 0.05) is 6.42 Å². The molecule has 10 nitrogen and oxygen atoms in total. The van der Waals surface area contributed by atoms with Gasteiger partial charge in [0.15, 0.2) is 5.78 Å². The molecule has 7 N–H and O–H groups in total. The van der Waals surface area contributed by atoms with Gasteiger partial charge in [0.2, 0.25) is 0 Å². The van der Waals surface area contributed by atoms with E-state index in [2.05, 4.69) is 0 Å². The monoisotopic (exact) mass is 438 g/mol. The van der Waals surface area contributed by atoms with Crippen molar-refractivity contribution in [3.05, 3.63) is 36.1 Å². The van der Waals surface area contributed by atoms with Crippen molar-refractivity contribution in [3.8, 4) is 5.75 Å². The van der Waals surface area contributed by atoms with Crippen LogP contribution in [0.4, 0.5) is 0 Å². The van der Waals surface area contributed by atoms with Gasteiger partial charge in [0.05, 0.1) is 48.6 Å². The summed E-state index contributed by atoms with van der Waals surface area (Å²) in [4.78, 5) is 13.2. The van der Waals surface area contributed by atoms with E-state index in [1.807, 2.05) is 0 Å². The fourth-order valence-electron chi connectivity index (χ4n) is 4.82. The average Bonchev–Trinajstić information content (AvgIpc) is 2.74. The molecule has 2 fully saturated rings. The van der Waals surface area contributed by atoms with E-state index < -0.39 is 73.1 Å². The van der Waals surface area contributed by atoms with Gasteiger partial charge in [-0.3, -0.25) is 4.79 Å². The number of benzene rings is 1. The van der Waals surface area contributed by atoms with Crippen LogP contribution in [0.1, 0.15) is 12.0 Å². The molecule has 0 bridgehead atoms. The summed E-state index contributed by atoms with van der Waals surface area (Å²) in [6.45, 7) is -0.633. The molecule has 0 amide bonds. The van der Waals surface area contributed by atoms with E-state index in [-0.39, 0.29) is 17.7 Å². The minimum Gasteiger partial charge on any atom is -0.508 e. The van der Waals surface area contributed by atoms with Crippen molar-refractivity contribution in [1.29, 1.82) is 0 Å². The van der Waals surface area contributed by atoms with Crippen LogP contribution in [0.3, 0.4) is 0 Å². The fraction of sp³-hybridized carbons (Fsp3) is 0.571. The number of hydrogen-bond acceptors (Lipinski definition) is 10.